The van der Waals surface area contributed by atoms with E-state index >= 15 is 0 Å². The van der Waals surface area contributed by atoms with Crippen LogP contribution in [-0.2, 0) is 0 Å². The summed E-state index contributed by atoms with van der Waals surface area (Å²) in [7, 11) is 0. The summed E-state index contributed by atoms with van der Waals surface area (Å²) < 4.78 is 0. The van der Waals surface area contributed by atoms with E-state index in [9.17, 15) is 15.8 Å². The summed E-state index contributed by atoms with van der Waals surface area (Å²) in [5.41, 5.74) is 11.6. The average Bonchev–Trinajstić information content (AvgIpc) is 3.21. The predicted molar refractivity (Wildman–Crippen MR) is 207 cm³/mol. The molecule has 0 spiro atoms. The van der Waals surface area contributed by atoms with Gasteiger partial charge in [-0.3, -0.25) is 0 Å². The first kappa shape index (κ1) is 30.9. The molecule has 0 aromatic heterocycles. The van der Waals surface area contributed by atoms with Crippen LogP contribution in [0, 0.1) is 34.0 Å². The summed E-state index contributed by atoms with van der Waals surface area (Å²) >= 11 is 0. The van der Waals surface area contributed by atoms with Crippen molar-refractivity contribution < 1.29 is 0 Å². The van der Waals surface area contributed by atoms with E-state index in [-0.39, 0.29) is 0 Å². The number of benzene rings is 8. The summed E-state index contributed by atoms with van der Waals surface area (Å²) in [6, 6.07) is 64.2. The van der Waals surface area contributed by atoms with Crippen molar-refractivity contribution in [1.82, 2.24) is 0 Å². The molecule has 8 aromatic rings. The Kier molecular flexibility index (Phi) is 8.00. The summed E-state index contributed by atoms with van der Waals surface area (Å²) in [5.74, 6) is 0. The van der Waals surface area contributed by atoms with E-state index in [1.807, 2.05) is 60.7 Å². The molecule has 0 saturated heterocycles. The fraction of sp³-hybridized carbons (Fsp3) is 0. The molecule has 51 heavy (non-hydrogen) atoms. The van der Waals surface area contributed by atoms with Crippen LogP contribution in [0.4, 0.5) is 17.1 Å². The minimum atomic E-state index is 0.641. The molecule has 0 unspecified atom stereocenters. The SMILES string of the molecule is N#Cc1ccc(-c2ccc(N(c3ccc(-c4ccc5cc(C#N)ccc5c4)cc3)c3ccc(-c4ccc5cc(C#N)ccc5c4)cc3)cc2)cc1. The lowest BCUT2D eigenvalue weighted by atomic mass is 9.99. The molecule has 0 fully saturated rings. The smallest absolute Gasteiger partial charge is 0.0991 e. The van der Waals surface area contributed by atoms with Gasteiger partial charge in [-0.15, -0.1) is 0 Å². The molecule has 0 atom stereocenters. The van der Waals surface area contributed by atoms with Gasteiger partial charge in [0, 0.05) is 17.1 Å². The zero-order valence-electron chi connectivity index (χ0n) is 27.5. The molecule has 0 amide bonds. The molecule has 4 heteroatoms. The van der Waals surface area contributed by atoms with Crippen molar-refractivity contribution in [2.24, 2.45) is 0 Å². The Bertz CT molecular complexity index is 2550. The normalized spacial score (nSPS) is 10.7. The second kappa shape index (κ2) is 13.2. The highest BCUT2D eigenvalue weighted by molar-refractivity contribution is 5.90. The van der Waals surface area contributed by atoms with Crippen molar-refractivity contribution in [1.29, 1.82) is 15.8 Å². The van der Waals surface area contributed by atoms with Crippen LogP contribution >= 0.6 is 0 Å². The fourth-order valence-corrected chi connectivity index (χ4v) is 6.58. The lowest BCUT2D eigenvalue weighted by Crippen LogP contribution is -2.09. The van der Waals surface area contributed by atoms with Gasteiger partial charge >= 0.3 is 0 Å². The molecule has 0 aliphatic heterocycles. The summed E-state index contributed by atoms with van der Waals surface area (Å²) in [4.78, 5) is 2.25. The van der Waals surface area contributed by atoms with Gasteiger partial charge in [-0.2, -0.15) is 15.8 Å². The van der Waals surface area contributed by atoms with Gasteiger partial charge in [0.05, 0.1) is 34.9 Å². The van der Waals surface area contributed by atoms with Crippen molar-refractivity contribution in [2.45, 2.75) is 0 Å². The maximum Gasteiger partial charge on any atom is 0.0991 e. The monoisotopic (exact) mass is 648 g/mol. The highest BCUT2D eigenvalue weighted by Gasteiger charge is 2.14. The number of hydrogen-bond acceptors (Lipinski definition) is 4. The van der Waals surface area contributed by atoms with Crippen LogP contribution in [0.5, 0.6) is 0 Å². The van der Waals surface area contributed by atoms with Crippen molar-refractivity contribution in [3.8, 4) is 51.6 Å². The maximum absolute atomic E-state index is 9.29. The Balaban J connectivity index is 1.15. The van der Waals surface area contributed by atoms with Crippen LogP contribution in [0.1, 0.15) is 16.7 Å². The number of nitriles is 3. The zero-order chi connectivity index (χ0) is 34.7. The standard InChI is InChI=1S/C47H28N4/c48-29-32-1-5-35(6-2-32)36-13-19-45(20-14-36)51(46-21-15-37(16-22-46)41-11-9-39-25-33(30-49)3-7-43(39)27-41)47-23-17-38(18-24-47)42-12-10-40-26-34(31-50)4-8-44(40)28-42/h1-28H. The van der Waals surface area contributed by atoms with E-state index in [0.29, 0.717) is 16.7 Å². The molecular weight excluding hydrogens is 621 g/mol. The molecule has 4 nitrogen and oxygen atoms in total. The average molecular weight is 649 g/mol. The van der Waals surface area contributed by atoms with E-state index in [0.717, 1.165) is 72.0 Å². The molecule has 0 aliphatic rings. The molecule has 236 valence electrons. The van der Waals surface area contributed by atoms with E-state index in [2.05, 4.69) is 132 Å². The number of fused-ring (bicyclic) bond motifs is 2. The van der Waals surface area contributed by atoms with Crippen LogP contribution in [0.3, 0.4) is 0 Å². The van der Waals surface area contributed by atoms with Crippen LogP contribution in [0.25, 0.3) is 54.9 Å². The van der Waals surface area contributed by atoms with Gasteiger partial charge in [-0.25, -0.2) is 0 Å². The largest absolute Gasteiger partial charge is 0.311 e. The third-order valence-corrected chi connectivity index (χ3v) is 9.33. The molecule has 0 heterocycles. The highest BCUT2D eigenvalue weighted by Crippen LogP contribution is 2.38. The third kappa shape index (κ3) is 6.16. The minimum Gasteiger partial charge on any atom is -0.311 e. The van der Waals surface area contributed by atoms with Gasteiger partial charge in [0.25, 0.3) is 0 Å². The Hall–Kier alpha value is -7.45. The molecule has 8 rings (SSSR count). The van der Waals surface area contributed by atoms with E-state index in [1.54, 1.807) is 0 Å². The van der Waals surface area contributed by atoms with E-state index in [4.69, 9.17) is 0 Å². The van der Waals surface area contributed by atoms with Crippen molar-refractivity contribution >= 4 is 38.6 Å². The predicted octanol–water partition coefficient (Wildman–Crippen LogP) is 12.1. The zero-order valence-corrected chi connectivity index (χ0v) is 27.5. The van der Waals surface area contributed by atoms with Gasteiger partial charge in [0.2, 0.25) is 0 Å². The molecule has 0 bridgehead atoms. The number of rotatable bonds is 6. The quantitative estimate of drug-likeness (QED) is 0.180. The van der Waals surface area contributed by atoms with Gasteiger partial charge in [0.15, 0.2) is 0 Å². The lowest BCUT2D eigenvalue weighted by molar-refractivity contribution is 1.28. The fourth-order valence-electron chi connectivity index (χ4n) is 6.58. The summed E-state index contributed by atoms with van der Waals surface area (Å²) in [5, 5.41) is 32.1. The number of hydrogen-bond donors (Lipinski definition) is 0. The second-order valence-corrected chi connectivity index (χ2v) is 12.4. The summed E-state index contributed by atoms with van der Waals surface area (Å²) in [6.45, 7) is 0. The van der Waals surface area contributed by atoms with Crippen molar-refractivity contribution in [3.05, 3.63) is 187 Å². The highest BCUT2D eigenvalue weighted by atomic mass is 15.1. The van der Waals surface area contributed by atoms with Crippen molar-refractivity contribution in [2.75, 3.05) is 4.90 Å². The molecule has 8 aromatic carbocycles. The van der Waals surface area contributed by atoms with E-state index < -0.39 is 0 Å². The molecule has 0 aliphatic carbocycles. The van der Waals surface area contributed by atoms with Crippen molar-refractivity contribution in [3.63, 3.8) is 0 Å². The Labute approximate surface area is 296 Å². The number of nitrogens with zero attached hydrogens (tertiary/aromatic N) is 4. The Morgan fingerprint density at radius 3 is 0.922 bits per heavy atom. The molecule has 0 N–H and O–H groups in total. The van der Waals surface area contributed by atoms with Crippen LogP contribution in [0.15, 0.2) is 170 Å². The lowest BCUT2D eigenvalue weighted by Gasteiger charge is -2.26. The molecular formula is C47H28N4. The van der Waals surface area contributed by atoms with Crippen LogP contribution in [0.2, 0.25) is 0 Å². The van der Waals surface area contributed by atoms with Crippen LogP contribution in [-0.4, -0.2) is 0 Å². The minimum absolute atomic E-state index is 0.641. The van der Waals surface area contributed by atoms with Crippen LogP contribution < -0.4 is 4.90 Å². The second-order valence-electron chi connectivity index (χ2n) is 12.4. The Morgan fingerprint density at radius 1 is 0.275 bits per heavy atom. The first-order valence-electron chi connectivity index (χ1n) is 16.6. The topological polar surface area (TPSA) is 74.6 Å². The number of anilines is 3. The van der Waals surface area contributed by atoms with Gasteiger partial charge < -0.3 is 4.90 Å². The maximum atomic E-state index is 9.29. The first-order chi connectivity index (χ1) is 25.1. The summed E-state index contributed by atoms with van der Waals surface area (Å²) in [6.07, 6.45) is 0. The first-order valence-corrected chi connectivity index (χ1v) is 16.6. The molecule has 0 radical (unpaired) electrons. The van der Waals surface area contributed by atoms with Gasteiger partial charge in [0.1, 0.15) is 0 Å². The van der Waals surface area contributed by atoms with Gasteiger partial charge in [-0.05, 0) is 140 Å². The Morgan fingerprint density at radius 2 is 0.549 bits per heavy atom. The van der Waals surface area contributed by atoms with Gasteiger partial charge in [-0.1, -0.05) is 84.9 Å². The molecule has 0 saturated carbocycles. The third-order valence-electron chi connectivity index (χ3n) is 9.33. The van der Waals surface area contributed by atoms with E-state index in [1.165, 1.54) is 0 Å².